The highest BCUT2D eigenvalue weighted by molar-refractivity contribution is 6.29. The molecule has 8 nitrogen and oxygen atoms in total. The second kappa shape index (κ2) is 8.92. The van der Waals surface area contributed by atoms with E-state index in [9.17, 15) is 4.79 Å². The molecule has 0 saturated carbocycles. The molecule has 2 bridgehead atoms. The number of amides is 1. The van der Waals surface area contributed by atoms with Gasteiger partial charge in [-0.3, -0.25) is 0 Å². The van der Waals surface area contributed by atoms with Crippen molar-refractivity contribution in [1.29, 1.82) is 0 Å². The number of rotatable bonds is 5. The molecule has 1 unspecified atom stereocenters. The summed E-state index contributed by atoms with van der Waals surface area (Å²) in [7, 11) is 1.99. The van der Waals surface area contributed by atoms with Crippen LogP contribution in [-0.4, -0.2) is 72.1 Å². The molecule has 0 radical (unpaired) electrons. The smallest absolute Gasteiger partial charge is 0.410 e. The van der Waals surface area contributed by atoms with Crippen LogP contribution in [-0.2, 0) is 9.47 Å². The van der Waals surface area contributed by atoms with E-state index in [2.05, 4.69) is 14.9 Å². The normalized spacial score (nSPS) is 28.9. The van der Waals surface area contributed by atoms with Gasteiger partial charge in [-0.15, -0.1) is 0 Å². The van der Waals surface area contributed by atoms with Crippen LogP contribution < -0.4 is 9.64 Å². The second-order valence-electron chi connectivity index (χ2n) is 8.01. The number of halogens is 1. The lowest BCUT2D eigenvalue weighted by Gasteiger charge is -2.49. The summed E-state index contributed by atoms with van der Waals surface area (Å²) < 4.78 is 16.6. The minimum Gasteiger partial charge on any atom is -0.472 e. The maximum Gasteiger partial charge on any atom is 0.410 e. The van der Waals surface area contributed by atoms with Gasteiger partial charge < -0.3 is 24.0 Å². The van der Waals surface area contributed by atoms with Crippen molar-refractivity contribution >= 4 is 23.6 Å². The fourth-order valence-electron chi connectivity index (χ4n) is 4.71. The molecule has 9 heteroatoms. The number of fused-ring (bicyclic) bond motifs is 2. The van der Waals surface area contributed by atoms with E-state index in [0.717, 1.165) is 38.5 Å². The second-order valence-corrected chi connectivity index (χ2v) is 8.40. The summed E-state index contributed by atoms with van der Waals surface area (Å²) in [6, 6.07) is 2.27. The predicted octanol–water partition coefficient (Wildman–Crippen LogP) is 3.28. The molecular weight excluding hydrogens is 396 g/mol. The molecule has 1 aromatic rings. The Bertz CT molecular complexity index is 716. The molecule has 4 rings (SSSR count). The number of hydrogen-bond donors (Lipinski definition) is 0. The van der Waals surface area contributed by atoms with Gasteiger partial charge in [-0.25, -0.2) is 9.78 Å². The first-order valence-corrected chi connectivity index (χ1v) is 10.9. The number of hydrogen-bond acceptors (Lipinski definition) is 7. The topological polar surface area (TPSA) is 77.0 Å². The summed E-state index contributed by atoms with van der Waals surface area (Å²) in [6.07, 6.45) is 5.57. The Morgan fingerprint density at radius 2 is 2.07 bits per heavy atom. The molecule has 3 fully saturated rings. The number of aromatic nitrogens is 2. The zero-order chi connectivity index (χ0) is 20.4. The fraction of sp³-hybridized carbons (Fsp3) is 0.750. The van der Waals surface area contributed by atoms with Crippen LogP contribution in [0.4, 0.5) is 10.7 Å². The van der Waals surface area contributed by atoms with Gasteiger partial charge in [-0.1, -0.05) is 11.6 Å². The zero-order valence-corrected chi connectivity index (χ0v) is 17.8. The van der Waals surface area contributed by atoms with Gasteiger partial charge >= 0.3 is 6.09 Å². The Balaban J connectivity index is 1.48. The third kappa shape index (κ3) is 4.53. The van der Waals surface area contributed by atoms with Crippen LogP contribution in [0.5, 0.6) is 5.88 Å². The fourth-order valence-corrected chi connectivity index (χ4v) is 4.88. The van der Waals surface area contributed by atoms with Crippen molar-refractivity contribution in [2.24, 2.45) is 0 Å². The van der Waals surface area contributed by atoms with Gasteiger partial charge in [0.25, 0.3) is 0 Å². The van der Waals surface area contributed by atoms with Crippen LogP contribution in [0.1, 0.15) is 45.4 Å². The minimum atomic E-state index is -0.184. The lowest BCUT2D eigenvalue weighted by Crippen LogP contribution is -2.58. The van der Waals surface area contributed by atoms with Crippen LogP contribution in [0.25, 0.3) is 0 Å². The molecule has 0 aliphatic carbocycles. The first-order valence-electron chi connectivity index (χ1n) is 10.5. The standard InChI is InChI=1S/C20H29ClN4O4/c1-3-28-20(26)25-13-5-4-6-14(25)10-15(9-13)24(2)19-22-17(21)11-18(23-19)29-16-7-8-27-12-16/h11,13-16H,3-10,12H2,1-2H3/t13-,14+,15?,16-/m1/s1. The Morgan fingerprint density at radius 1 is 1.31 bits per heavy atom. The van der Waals surface area contributed by atoms with Gasteiger partial charge in [-0.05, 0) is 39.0 Å². The molecule has 3 aliphatic heterocycles. The predicted molar refractivity (Wildman–Crippen MR) is 109 cm³/mol. The van der Waals surface area contributed by atoms with Crippen molar-refractivity contribution in [3.8, 4) is 5.88 Å². The first kappa shape index (κ1) is 20.5. The van der Waals surface area contributed by atoms with Crippen LogP contribution in [0.2, 0.25) is 5.15 Å². The average Bonchev–Trinajstić information content (AvgIpc) is 3.19. The Kier molecular flexibility index (Phi) is 6.29. The highest BCUT2D eigenvalue weighted by atomic mass is 35.5. The third-order valence-electron chi connectivity index (χ3n) is 6.13. The minimum absolute atomic E-state index is 0.00583. The van der Waals surface area contributed by atoms with Gasteiger partial charge in [0.2, 0.25) is 11.8 Å². The summed E-state index contributed by atoms with van der Waals surface area (Å²) in [5.74, 6) is 1.03. The molecule has 29 heavy (non-hydrogen) atoms. The van der Waals surface area contributed by atoms with E-state index in [1.807, 2.05) is 18.9 Å². The van der Waals surface area contributed by atoms with E-state index in [1.165, 1.54) is 0 Å². The molecule has 1 aromatic heterocycles. The van der Waals surface area contributed by atoms with Crippen LogP contribution >= 0.6 is 11.6 Å². The number of ether oxygens (including phenoxy) is 3. The molecule has 4 atom stereocenters. The van der Waals surface area contributed by atoms with E-state index < -0.39 is 0 Å². The number of anilines is 1. The van der Waals surface area contributed by atoms with Crippen LogP contribution in [0, 0.1) is 0 Å². The maximum absolute atomic E-state index is 12.4. The Hall–Kier alpha value is -1.80. The lowest BCUT2D eigenvalue weighted by atomic mass is 9.81. The number of nitrogens with zero attached hydrogens (tertiary/aromatic N) is 4. The van der Waals surface area contributed by atoms with Gasteiger partial charge in [0, 0.05) is 37.7 Å². The molecular formula is C20H29ClN4O4. The van der Waals surface area contributed by atoms with Crippen molar-refractivity contribution < 1.29 is 19.0 Å². The highest BCUT2D eigenvalue weighted by Gasteiger charge is 2.43. The van der Waals surface area contributed by atoms with E-state index >= 15 is 0 Å². The summed E-state index contributed by atoms with van der Waals surface area (Å²) in [5.41, 5.74) is 0. The van der Waals surface area contributed by atoms with E-state index in [0.29, 0.717) is 36.8 Å². The summed E-state index contributed by atoms with van der Waals surface area (Å²) in [6.45, 7) is 3.53. The molecule has 3 saturated heterocycles. The van der Waals surface area contributed by atoms with Crippen molar-refractivity contribution in [3.63, 3.8) is 0 Å². The molecule has 0 spiro atoms. The summed E-state index contributed by atoms with van der Waals surface area (Å²) >= 11 is 6.26. The van der Waals surface area contributed by atoms with E-state index in [4.69, 9.17) is 25.8 Å². The lowest BCUT2D eigenvalue weighted by molar-refractivity contribution is 0.0190. The van der Waals surface area contributed by atoms with Gasteiger partial charge in [0.15, 0.2) is 0 Å². The third-order valence-corrected chi connectivity index (χ3v) is 6.32. The monoisotopic (exact) mass is 424 g/mol. The van der Waals surface area contributed by atoms with Crippen LogP contribution in [0.3, 0.4) is 0 Å². The van der Waals surface area contributed by atoms with Gasteiger partial charge in [0.1, 0.15) is 11.3 Å². The maximum atomic E-state index is 12.4. The average molecular weight is 425 g/mol. The molecule has 0 N–H and O–H groups in total. The SMILES string of the molecule is CCOC(=O)N1[C@@H]2CCC[C@H]1CC(N(C)c1nc(Cl)cc(O[C@@H]3CCOC3)n1)C2. The van der Waals surface area contributed by atoms with E-state index in [-0.39, 0.29) is 30.3 Å². The van der Waals surface area contributed by atoms with Crippen LogP contribution in [0.15, 0.2) is 6.07 Å². The molecule has 4 heterocycles. The van der Waals surface area contributed by atoms with Gasteiger partial charge in [0.05, 0.1) is 19.8 Å². The molecule has 0 aromatic carbocycles. The van der Waals surface area contributed by atoms with Crippen molar-refractivity contribution in [2.45, 2.75) is 69.7 Å². The van der Waals surface area contributed by atoms with Gasteiger partial charge in [-0.2, -0.15) is 4.98 Å². The number of carbonyl (C=O) groups is 1. The van der Waals surface area contributed by atoms with E-state index in [1.54, 1.807) is 6.07 Å². The van der Waals surface area contributed by atoms with Crippen molar-refractivity contribution in [1.82, 2.24) is 14.9 Å². The summed E-state index contributed by atoms with van der Waals surface area (Å²) in [4.78, 5) is 25.5. The Labute approximate surface area is 176 Å². The number of piperidine rings is 2. The van der Waals surface area contributed by atoms with Crippen molar-refractivity contribution in [2.75, 3.05) is 31.8 Å². The number of carbonyl (C=O) groups excluding carboxylic acids is 1. The van der Waals surface area contributed by atoms with Crippen molar-refractivity contribution in [3.05, 3.63) is 11.2 Å². The molecule has 3 aliphatic rings. The highest BCUT2D eigenvalue weighted by Crippen LogP contribution is 2.37. The summed E-state index contributed by atoms with van der Waals surface area (Å²) in [5, 5.41) is 0.361. The first-order chi connectivity index (χ1) is 14.0. The largest absolute Gasteiger partial charge is 0.472 e. The molecule has 160 valence electrons. The quantitative estimate of drug-likeness (QED) is 0.671. The Morgan fingerprint density at radius 3 is 2.72 bits per heavy atom. The molecule has 1 amide bonds. The zero-order valence-electron chi connectivity index (χ0n) is 17.1.